The maximum absolute atomic E-state index is 11.6. The second-order valence-corrected chi connectivity index (χ2v) is 11.7. The predicted octanol–water partition coefficient (Wildman–Crippen LogP) is 9.01. The Morgan fingerprint density at radius 2 is 0.575 bits per heavy atom. The van der Waals surface area contributed by atoms with Crippen molar-refractivity contribution in [3.05, 3.63) is 144 Å². The molecule has 2 heteroatoms. The van der Waals surface area contributed by atoms with E-state index in [1.807, 2.05) is 72.8 Å². The number of hydrogen-bond donors (Lipinski definition) is 2. The smallest absolute Gasteiger partial charge is 0.117 e. The van der Waals surface area contributed by atoms with Crippen molar-refractivity contribution in [1.29, 1.82) is 0 Å². The van der Waals surface area contributed by atoms with Crippen LogP contribution in [0.15, 0.2) is 121 Å². The van der Waals surface area contributed by atoms with Gasteiger partial charge in [-0.3, -0.25) is 0 Å². The molecule has 0 amide bonds. The average Bonchev–Trinajstić information content (AvgIpc) is 3.07. The first-order valence-corrected chi connectivity index (χ1v) is 15.3. The normalized spacial score (nSPS) is 17.1. The fourth-order valence-corrected chi connectivity index (χ4v) is 7.09. The zero-order chi connectivity index (χ0) is 27.7. The molecule has 2 aliphatic carbocycles. The van der Waals surface area contributed by atoms with Crippen molar-refractivity contribution in [2.24, 2.45) is 11.8 Å². The molecular formula is C38H44O2. The zero-order valence-electron chi connectivity index (χ0n) is 23.7. The highest BCUT2D eigenvalue weighted by Gasteiger charge is 2.41. The van der Waals surface area contributed by atoms with Gasteiger partial charge in [0.25, 0.3) is 0 Å². The van der Waals surface area contributed by atoms with E-state index in [4.69, 9.17) is 0 Å². The molecule has 4 aromatic carbocycles. The maximum Gasteiger partial charge on any atom is 0.117 e. The van der Waals surface area contributed by atoms with Gasteiger partial charge in [0.2, 0.25) is 0 Å². The van der Waals surface area contributed by atoms with Crippen LogP contribution in [-0.4, -0.2) is 10.2 Å². The highest BCUT2D eigenvalue weighted by molar-refractivity contribution is 5.38. The molecule has 0 unspecified atom stereocenters. The minimum atomic E-state index is -0.844. The summed E-state index contributed by atoms with van der Waals surface area (Å²) in [6.45, 7) is 0. The standard InChI is InChI=1S/2C19H22O/c2*20-19(16-10-4-1-5-11-16,17-12-6-2-7-13-17)18-14-8-3-9-15-18/h2*1-2,4-7,10-13,18,20H,3,8-9,14-15H2. The van der Waals surface area contributed by atoms with Gasteiger partial charge < -0.3 is 10.2 Å². The summed E-state index contributed by atoms with van der Waals surface area (Å²) in [6, 6.07) is 40.7. The van der Waals surface area contributed by atoms with Crippen molar-refractivity contribution in [2.45, 2.75) is 75.4 Å². The molecule has 0 aromatic heterocycles. The lowest BCUT2D eigenvalue weighted by Gasteiger charge is -2.39. The molecule has 40 heavy (non-hydrogen) atoms. The molecule has 0 aliphatic heterocycles. The third-order valence-corrected chi connectivity index (χ3v) is 9.25. The fourth-order valence-electron chi connectivity index (χ4n) is 7.09. The van der Waals surface area contributed by atoms with Crippen molar-refractivity contribution < 1.29 is 10.2 Å². The molecule has 0 saturated heterocycles. The SMILES string of the molecule is OC(c1ccccc1)(c1ccccc1)C1CCCCC1.OC(c1ccccc1)(c1ccccc1)C1CCCCC1. The van der Waals surface area contributed by atoms with Gasteiger partial charge in [-0.1, -0.05) is 160 Å². The van der Waals surface area contributed by atoms with Gasteiger partial charge in [0.15, 0.2) is 0 Å². The lowest BCUT2D eigenvalue weighted by molar-refractivity contribution is -0.000899. The van der Waals surface area contributed by atoms with Crippen LogP contribution >= 0.6 is 0 Å². The van der Waals surface area contributed by atoms with E-state index >= 15 is 0 Å². The van der Waals surface area contributed by atoms with Crippen LogP contribution in [-0.2, 0) is 11.2 Å². The van der Waals surface area contributed by atoms with Crippen LogP contribution in [0, 0.1) is 11.8 Å². The van der Waals surface area contributed by atoms with Gasteiger partial charge in [0.05, 0.1) is 0 Å². The quantitative estimate of drug-likeness (QED) is 0.260. The molecule has 2 aliphatic rings. The van der Waals surface area contributed by atoms with E-state index < -0.39 is 11.2 Å². The van der Waals surface area contributed by atoms with Crippen molar-refractivity contribution >= 4 is 0 Å². The summed E-state index contributed by atoms with van der Waals surface area (Å²) < 4.78 is 0. The van der Waals surface area contributed by atoms with Crippen LogP contribution in [0.1, 0.15) is 86.5 Å². The summed E-state index contributed by atoms with van der Waals surface area (Å²) >= 11 is 0. The zero-order valence-corrected chi connectivity index (χ0v) is 23.7. The van der Waals surface area contributed by atoms with E-state index in [1.165, 1.54) is 38.5 Å². The Hall–Kier alpha value is -3.20. The van der Waals surface area contributed by atoms with Crippen LogP contribution in [0.25, 0.3) is 0 Å². The molecule has 0 heterocycles. The van der Waals surface area contributed by atoms with Crippen LogP contribution in [0.4, 0.5) is 0 Å². The average molecular weight is 533 g/mol. The largest absolute Gasteiger partial charge is 0.380 e. The lowest BCUT2D eigenvalue weighted by atomic mass is 9.70. The number of hydrogen-bond acceptors (Lipinski definition) is 2. The molecule has 2 fully saturated rings. The Morgan fingerprint density at radius 3 is 0.800 bits per heavy atom. The van der Waals surface area contributed by atoms with Gasteiger partial charge in [-0.05, 0) is 59.8 Å². The molecule has 6 rings (SSSR count). The van der Waals surface area contributed by atoms with Gasteiger partial charge in [-0.2, -0.15) is 0 Å². The van der Waals surface area contributed by atoms with Crippen molar-refractivity contribution in [1.82, 2.24) is 0 Å². The molecular weight excluding hydrogens is 488 g/mol. The Morgan fingerprint density at radius 1 is 0.350 bits per heavy atom. The molecule has 2 nitrogen and oxygen atoms in total. The maximum atomic E-state index is 11.6. The summed E-state index contributed by atoms with van der Waals surface area (Å²) in [5, 5.41) is 23.2. The van der Waals surface area contributed by atoms with Crippen molar-refractivity contribution in [2.75, 3.05) is 0 Å². The minimum Gasteiger partial charge on any atom is -0.380 e. The van der Waals surface area contributed by atoms with Crippen LogP contribution in [0.2, 0.25) is 0 Å². The first kappa shape index (κ1) is 28.3. The fraction of sp³-hybridized carbons (Fsp3) is 0.368. The monoisotopic (exact) mass is 532 g/mol. The number of aliphatic hydroxyl groups is 2. The second kappa shape index (κ2) is 13.4. The molecule has 0 radical (unpaired) electrons. The van der Waals surface area contributed by atoms with E-state index in [9.17, 15) is 10.2 Å². The summed E-state index contributed by atoms with van der Waals surface area (Å²) in [6.07, 6.45) is 12.0. The first-order chi connectivity index (χ1) is 19.6. The lowest BCUT2D eigenvalue weighted by Crippen LogP contribution is -2.37. The highest BCUT2D eigenvalue weighted by Crippen LogP contribution is 2.45. The van der Waals surface area contributed by atoms with Crippen LogP contribution in [0.5, 0.6) is 0 Å². The molecule has 0 bridgehead atoms. The van der Waals surface area contributed by atoms with Crippen molar-refractivity contribution in [3.8, 4) is 0 Å². The number of rotatable bonds is 6. The molecule has 208 valence electrons. The second-order valence-electron chi connectivity index (χ2n) is 11.7. The molecule has 2 N–H and O–H groups in total. The third kappa shape index (κ3) is 6.09. The molecule has 2 saturated carbocycles. The minimum absolute atomic E-state index is 0.320. The van der Waals surface area contributed by atoms with Gasteiger partial charge in [-0.25, -0.2) is 0 Å². The van der Waals surface area contributed by atoms with E-state index in [0.717, 1.165) is 47.9 Å². The Bertz CT molecular complexity index is 1080. The molecule has 0 atom stereocenters. The Kier molecular flexibility index (Phi) is 9.52. The highest BCUT2D eigenvalue weighted by atomic mass is 16.3. The molecule has 4 aromatic rings. The predicted molar refractivity (Wildman–Crippen MR) is 165 cm³/mol. The van der Waals surface area contributed by atoms with E-state index in [0.29, 0.717) is 11.8 Å². The van der Waals surface area contributed by atoms with E-state index in [2.05, 4.69) is 48.5 Å². The topological polar surface area (TPSA) is 40.5 Å². The van der Waals surface area contributed by atoms with Crippen molar-refractivity contribution in [3.63, 3.8) is 0 Å². The third-order valence-electron chi connectivity index (χ3n) is 9.25. The van der Waals surface area contributed by atoms with Gasteiger partial charge in [-0.15, -0.1) is 0 Å². The van der Waals surface area contributed by atoms with E-state index in [1.54, 1.807) is 0 Å². The Balaban J connectivity index is 0.000000161. The van der Waals surface area contributed by atoms with E-state index in [-0.39, 0.29) is 0 Å². The molecule has 0 spiro atoms. The van der Waals surface area contributed by atoms with Crippen LogP contribution < -0.4 is 0 Å². The number of benzene rings is 4. The van der Waals surface area contributed by atoms with Gasteiger partial charge in [0.1, 0.15) is 11.2 Å². The van der Waals surface area contributed by atoms with Crippen LogP contribution in [0.3, 0.4) is 0 Å². The first-order valence-electron chi connectivity index (χ1n) is 15.3. The summed E-state index contributed by atoms with van der Waals surface area (Å²) in [7, 11) is 0. The van der Waals surface area contributed by atoms with Gasteiger partial charge in [0, 0.05) is 0 Å². The summed E-state index contributed by atoms with van der Waals surface area (Å²) in [5.41, 5.74) is 2.42. The summed E-state index contributed by atoms with van der Waals surface area (Å²) in [4.78, 5) is 0. The summed E-state index contributed by atoms with van der Waals surface area (Å²) in [5.74, 6) is 0.641. The Labute approximate surface area is 240 Å². The van der Waals surface area contributed by atoms with Gasteiger partial charge >= 0.3 is 0 Å².